The van der Waals surface area contributed by atoms with Crippen LogP contribution in [0.15, 0.2) is 90.4 Å². The van der Waals surface area contributed by atoms with Gasteiger partial charge >= 0.3 is 0 Å². The Morgan fingerprint density at radius 3 is 2.60 bits per heavy atom. The van der Waals surface area contributed by atoms with Crippen molar-refractivity contribution in [2.45, 2.75) is 26.5 Å². The zero-order valence-electron chi connectivity index (χ0n) is 19.3. The summed E-state index contributed by atoms with van der Waals surface area (Å²) in [6, 6.07) is 20.8. The maximum Gasteiger partial charge on any atom is 0.255 e. The molecule has 4 aromatic rings. The van der Waals surface area contributed by atoms with Gasteiger partial charge in [-0.2, -0.15) is 10.1 Å². The lowest BCUT2D eigenvalue weighted by atomic mass is 9.94. The Morgan fingerprint density at radius 1 is 1.06 bits per heavy atom. The third-order valence-electron chi connectivity index (χ3n) is 5.95. The summed E-state index contributed by atoms with van der Waals surface area (Å²) in [6.07, 6.45) is 1.45. The number of anilines is 2. The second kappa shape index (κ2) is 9.42. The Kier molecular flexibility index (Phi) is 6.01. The van der Waals surface area contributed by atoms with Crippen LogP contribution < -0.4 is 15.4 Å². The highest BCUT2D eigenvalue weighted by Crippen LogP contribution is 2.39. The lowest BCUT2D eigenvalue weighted by Crippen LogP contribution is -2.32. The van der Waals surface area contributed by atoms with Gasteiger partial charge < -0.3 is 15.4 Å². The van der Waals surface area contributed by atoms with E-state index in [2.05, 4.69) is 20.7 Å². The first kappa shape index (κ1) is 22.3. The number of aromatic nitrogens is 3. The molecule has 1 amide bonds. The van der Waals surface area contributed by atoms with E-state index in [9.17, 15) is 9.18 Å². The maximum atomic E-state index is 13.6. The van der Waals surface area contributed by atoms with Crippen LogP contribution in [0.25, 0.3) is 0 Å². The molecule has 0 bridgehead atoms. The number of benzene rings is 3. The summed E-state index contributed by atoms with van der Waals surface area (Å²) in [7, 11) is 0. The number of hydrogen-bond donors (Lipinski definition) is 2. The van der Waals surface area contributed by atoms with Crippen LogP contribution in [-0.2, 0) is 11.4 Å². The number of allylic oxidation sites excluding steroid dienone is 1. The number of para-hydroxylation sites is 2. The van der Waals surface area contributed by atoms with Crippen molar-refractivity contribution in [1.29, 1.82) is 0 Å². The molecule has 0 saturated carbocycles. The second-order valence-corrected chi connectivity index (χ2v) is 8.32. The number of carbonyl (C=O) groups is 1. The summed E-state index contributed by atoms with van der Waals surface area (Å²) in [5, 5.41) is 10.6. The maximum absolute atomic E-state index is 13.6. The van der Waals surface area contributed by atoms with Gasteiger partial charge in [-0.25, -0.2) is 9.07 Å². The number of carbonyl (C=O) groups excluding carboxylic acids is 1. The van der Waals surface area contributed by atoms with Gasteiger partial charge in [0.1, 0.15) is 30.5 Å². The number of nitrogens with one attached hydrogen (secondary N) is 2. The molecule has 0 spiro atoms. The Bertz CT molecular complexity index is 1410. The first-order chi connectivity index (χ1) is 17.0. The van der Waals surface area contributed by atoms with E-state index in [1.54, 1.807) is 16.8 Å². The summed E-state index contributed by atoms with van der Waals surface area (Å²) in [5.41, 5.74) is 4.47. The molecule has 1 atom stereocenters. The molecule has 0 radical (unpaired) electrons. The van der Waals surface area contributed by atoms with Gasteiger partial charge in [0.15, 0.2) is 0 Å². The molecule has 2 N–H and O–H groups in total. The number of amides is 1. The summed E-state index contributed by atoms with van der Waals surface area (Å²) in [4.78, 5) is 17.9. The van der Waals surface area contributed by atoms with E-state index in [0.29, 0.717) is 23.0 Å². The zero-order chi connectivity index (χ0) is 24.4. The average Bonchev–Trinajstić information content (AvgIpc) is 3.32. The van der Waals surface area contributed by atoms with Crippen LogP contribution in [0, 0.1) is 12.7 Å². The Labute approximate surface area is 202 Å². The summed E-state index contributed by atoms with van der Waals surface area (Å²) in [6.45, 7) is 4.04. The van der Waals surface area contributed by atoms with Gasteiger partial charge in [0.2, 0.25) is 5.95 Å². The lowest BCUT2D eigenvalue weighted by molar-refractivity contribution is -0.113. The van der Waals surface area contributed by atoms with Gasteiger partial charge in [-0.15, -0.1) is 0 Å². The fraction of sp³-hybridized carbons (Fsp3) is 0.148. The smallest absolute Gasteiger partial charge is 0.255 e. The van der Waals surface area contributed by atoms with Gasteiger partial charge in [-0.3, -0.25) is 4.79 Å². The molecular weight excluding hydrogens is 445 g/mol. The van der Waals surface area contributed by atoms with E-state index in [1.165, 1.54) is 18.5 Å². The summed E-state index contributed by atoms with van der Waals surface area (Å²) < 4.78 is 21.1. The molecule has 35 heavy (non-hydrogen) atoms. The number of rotatable bonds is 6. The highest BCUT2D eigenvalue weighted by molar-refractivity contribution is 6.06. The highest BCUT2D eigenvalue weighted by Gasteiger charge is 2.35. The third kappa shape index (κ3) is 4.50. The van der Waals surface area contributed by atoms with Crippen LogP contribution in [0.5, 0.6) is 5.75 Å². The predicted octanol–water partition coefficient (Wildman–Crippen LogP) is 5.23. The third-order valence-corrected chi connectivity index (χ3v) is 5.95. The molecule has 1 aliphatic rings. The monoisotopic (exact) mass is 469 g/mol. The first-order valence-electron chi connectivity index (χ1n) is 11.2. The minimum atomic E-state index is -0.567. The van der Waals surface area contributed by atoms with Crippen LogP contribution in [0.3, 0.4) is 0 Å². The molecule has 1 aliphatic heterocycles. The number of hydrogen-bond acceptors (Lipinski definition) is 5. The SMILES string of the molecule is CC1=C(C(=O)Nc2ccccc2C)[C@H](c2ccccc2OCc2ccc(F)cc2)n2ncnc2N1. The van der Waals surface area contributed by atoms with Crippen molar-refractivity contribution in [3.05, 3.63) is 113 Å². The normalized spacial score (nSPS) is 14.8. The first-order valence-corrected chi connectivity index (χ1v) is 11.2. The van der Waals surface area contributed by atoms with Crippen molar-refractivity contribution in [2.24, 2.45) is 0 Å². The molecule has 0 unspecified atom stereocenters. The average molecular weight is 470 g/mol. The standard InChI is InChI=1S/C27H24FN5O2/c1-17-7-3-5-9-22(17)32-26(34)24-18(2)31-27-29-16-30-33(27)25(24)21-8-4-6-10-23(21)35-15-19-11-13-20(28)14-12-19/h3-14,16,25H,15H2,1-2H3,(H,32,34)(H,29,30,31)/t25-/m0/s1. The summed E-state index contributed by atoms with van der Waals surface area (Å²) in [5.74, 6) is 0.587. The van der Waals surface area contributed by atoms with E-state index in [4.69, 9.17) is 4.74 Å². The fourth-order valence-electron chi connectivity index (χ4n) is 4.15. The Morgan fingerprint density at radius 2 is 1.80 bits per heavy atom. The van der Waals surface area contributed by atoms with E-state index in [0.717, 1.165) is 22.4 Å². The largest absolute Gasteiger partial charge is 0.489 e. The van der Waals surface area contributed by atoms with Gasteiger partial charge in [0.05, 0.1) is 5.57 Å². The molecule has 176 valence electrons. The fourth-order valence-corrected chi connectivity index (χ4v) is 4.15. The number of fused-ring (bicyclic) bond motifs is 1. The molecule has 1 aromatic heterocycles. The minimum absolute atomic E-state index is 0.246. The molecular formula is C27H24FN5O2. The van der Waals surface area contributed by atoms with Crippen LogP contribution in [0.1, 0.15) is 29.7 Å². The second-order valence-electron chi connectivity index (χ2n) is 8.32. The number of nitrogens with zero attached hydrogens (tertiary/aromatic N) is 3. The lowest BCUT2D eigenvalue weighted by Gasteiger charge is -2.30. The van der Waals surface area contributed by atoms with Crippen molar-refractivity contribution in [2.75, 3.05) is 10.6 Å². The van der Waals surface area contributed by atoms with Crippen molar-refractivity contribution in [3.8, 4) is 5.75 Å². The minimum Gasteiger partial charge on any atom is -0.489 e. The molecule has 0 fully saturated rings. The van der Waals surface area contributed by atoms with Crippen LogP contribution in [0.2, 0.25) is 0 Å². The molecule has 2 heterocycles. The van der Waals surface area contributed by atoms with Crippen LogP contribution in [-0.4, -0.2) is 20.7 Å². The quantitative estimate of drug-likeness (QED) is 0.404. The van der Waals surface area contributed by atoms with Crippen molar-refractivity contribution in [1.82, 2.24) is 14.8 Å². The molecule has 0 saturated heterocycles. The van der Waals surface area contributed by atoms with Gasteiger partial charge in [-0.1, -0.05) is 48.5 Å². The predicted molar refractivity (Wildman–Crippen MR) is 131 cm³/mol. The van der Waals surface area contributed by atoms with E-state index >= 15 is 0 Å². The topological polar surface area (TPSA) is 81.1 Å². The van der Waals surface area contributed by atoms with E-state index < -0.39 is 6.04 Å². The van der Waals surface area contributed by atoms with Gasteiger partial charge in [-0.05, 0) is 49.2 Å². The van der Waals surface area contributed by atoms with Crippen molar-refractivity contribution < 1.29 is 13.9 Å². The Hall–Kier alpha value is -4.46. The van der Waals surface area contributed by atoms with Crippen molar-refractivity contribution in [3.63, 3.8) is 0 Å². The number of ether oxygens (including phenoxy) is 1. The van der Waals surface area contributed by atoms with Gasteiger partial charge in [0.25, 0.3) is 5.91 Å². The van der Waals surface area contributed by atoms with Gasteiger partial charge in [0, 0.05) is 16.9 Å². The van der Waals surface area contributed by atoms with Crippen molar-refractivity contribution >= 4 is 17.5 Å². The number of aryl methyl sites for hydroxylation is 1. The van der Waals surface area contributed by atoms with Crippen LogP contribution in [0.4, 0.5) is 16.0 Å². The van der Waals surface area contributed by atoms with Crippen LogP contribution >= 0.6 is 0 Å². The molecule has 3 aromatic carbocycles. The molecule has 8 heteroatoms. The molecule has 7 nitrogen and oxygen atoms in total. The van der Waals surface area contributed by atoms with E-state index in [1.807, 2.05) is 62.4 Å². The molecule has 0 aliphatic carbocycles. The summed E-state index contributed by atoms with van der Waals surface area (Å²) >= 11 is 0. The van der Waals surface area contributed by atoms with E-state index in [-0.39, 0.29) is 18.3 Å². The molecule has 5 rings (SSSR count). The zero-order valence-corrected chi connectivity index (χ0v) is 19.3. The Balaban J connectivity index is 1.52. The number of halogens is 1. The highest BCUT2D eigenvalue weighted by atomic mass is 19.1.